The van der Waals surface area contributed by atoms with Gasteiger partial charge < -0.3 is 0 Å². The van der Waals surface area contributed by atoms with Crippen LogP contribution in [0.1, 0.15) is 22.6 Å². The van der Waals surface area contributed by atoms with E-state index in [9.17, 15) is 21.6 Å². The number of H-pyrrole nitrogens is 1. The van der Waals surface area contributed by atoms with Crippen molar-refractivity contribution in [2.45, 2.75) is 30.8 Å². The Morgan fingerprint density at radius 1 is 1.21 bits per heavy atom. The normalized spacial score (nSPS) is 14.9. The van der Waals surface area contributed by atoms with Gasteiger partial charge in [0.05, 0.1) is 10.6 Å². The summed E-state index contributed by atoms with van der Waals surface area (Å²) in [5.41, 5.74) is 0.719. The standard InChI is InChI=1S/C18H16F3N3O2S2/c1-11-16(10-15(27-11)13-9-17(23-22-13)18(19,20)21)28(25,26)24-8-4-6-12-5-2-3-7-14(12)24/h2-3,5,7,9-10H,4,6,8H2,1H3,(H,22,23). The van der Waals surface area contributed by atoms with Crippen LogP contribution in [-0.4, -0.2) is 25.2 Å². The molecule has 2 aromatic heterocycles. The van der Waals surface area contributed by atoms with Crippen LogP contribution in [0.2, 0.25) is 0 Å². The number of aryl methyl sites for hydroxylation is 2. The lowest BCUT2D eigenvalue weighted by molar-refractivity contribution is -0.141. The number of thiophene rings is 1. The average molecular weight is 427 g/mol. The van der Waals surface area contributed by atoms with Crippen molar-refractivity contribution in [2.24, 2.45) is 0 Å². The van der Waals surface area contributed by atoms with Gasteiger partial charge in [-0.25, -0.2) is 8.42 Å². The number of aromatic nitrogens is 2. The molecule has 0 aliphatic carbocycles. The Morgan fingerprint density at radius 3 is 2.68 bits per heavy atom. The van der Waals surface area contributed by atoms with Crippen molar-refractivity contribution in [1.82, 2.24) is 10.2 Å². The van der Waals surface area contributed by atoms with Crippen LogP contribution in [0, 0.1) is 6.92 Å². The number of aromatic amines is 1. The van der Waals surface area contributed by atoms with Crippen LogP contribution in [0.5, 0.6) is 0 Å². The second kappa shape index (κ2) is 6.63. The Morgan fingerprint density at radius 2 is 1.96 bits per heavy atom. The smallest absolute Gasteiger partial charge is 0.273 e. The molecule has 1 aliphatic heterocycles. The summed E-state index contributed by atoms with van der Waals surface area (Å²) in [5.74, 6) is 0. The molecule has 0 unspecified atom stereocenters. The fraction of sp³-hybridized carbons (Fsp3) is 0.278. The lowest BCUT2D eigenvalue weighted by Crippen LogP contribution is -2.35. The van der Waals surface area contributed by atoms with Crippen molar-refractivity contribution in [3.63, 3.8) is 0 Å². The van der Waals surface area contributed by atoms with E-state index in [0.717, 1.165) is 29.4 Å². The zero-order chi connectivity index (χ0) is 20.1. The minimum atomic E-state index is -4.54. The molecule has 0 atom stereocenters. The van der Waals surface area contributed by atoms with E-state index in [-0.39, 0.29) is 10.6 Å². The van der Waals surface area contributed by atoms with Crippen molar-refractivity contribution >= 4 is 27.0 Å². The molecule has 4 rings (SSSR count). The Balaban J connectivity index is 1.74. The van der Waals surface area contributed by atoms with Gasteiger partial charge in [0.15, 0.2) is 0 Å². The molecule has 1 aromatic carbocycles. The maximum absolute atomic E-state index is 13.3. The second-order valence-corrected chi connectivity index (χ2v) is 9.59. The van der Waals surface area contributed by atoms with Gasteiger partial charge in [-0.3, -0.25) is 9.40 Å². The summed E-state index contributed by atoms with van der Waals surface area (Å²) in [7, 11) is -3.83. The molecule has 0 spiro atoms. The number of nitrogens with zero attached hydrogens (tertiary/aromatic N) is 2. The topological polar surface area (TPSA) is 66.1 Å². The van der Waals surface area contributed by atoms with E-state index >= 15 is 0 Å². The fourth-order valence-electron chi connectivity index (χ4n) is 3.31. The molecule has 0 saturated carbocycles. The van der Waals surface area contributed by atoms with E-state index < -0.39 is 21.9 Å². The van der Waals surface area contributed by atoms with E-state index in [4.69, 9.17) is 0 Å². The molecule has 0 amide bonds. The first-order valence-electron chi connectivity index (χ1n) is 8.52. The molecule has 0 radical (unpaired) electrons. The van der Waals surface area contributed by atoms with Crippen molar-refractivity contribution < 1.29 is 21.6 Å². The van der Waals surface area contributed by atoms with Crippen LogP contribution in [-0.2, 0) is 22.6 Å². The predicted molar refractivity (Wildman–Crippen MR) is 101 cm³/mol. The van der Waals surface area contributed by atoms with Crippen LogP contribution < -0.4 is 4.31 Å². The van der Waals surface area contributed by atoms with Crippen LogP contribution in [0.25, 0.3) is 10.6 Å². The van der Waals surface area contributed by atoms with Gasteiger partial charge in [0.25, 0.3) is 10.0 Å². The van der Waals surface area contributed by atoms with Gasteiger partial charge in [-0.05, 0) is 43.5 Å². The molecule has 1 N–H and O–H groups in total. The van der Waals surface area contributed by atoms with Gasteiger partial charge in [-0.1, -0.05) is 18.2 Å². The number of alkyl halides is 3. The number of halogens is 3. The van der Waals surface area contributed by atoms with Gasteiger partial charge in [-0.15, -0.1) is 11.3 Å². The highest BCUT2D eigenvalue weighted by molar-refractivity contribution is 7.93. The Hall–Kier alpha value is -2.33. The molecular formula is C18H16F3N3O2S2. The summed E-state index contributed by atoms with van der Waals surface area (Å²) >= 11 is 1.11. The second-order valence-electron chi connectivity index (χ2n) is 6.51. The van der Waals surface area contributed by atoms with Crippen LogP contribution in [0.3, 0.4) is 0 Å². The van der Waals surface area contributed by atoms with Gasteiger partial charge in [0.1, 0.15) is 16.3 Å². The summed E-state index contributed by atoms with van der Waals surface area (Å²) in [4.78, 5) is 0.975. The highest BCUT2D eigenvalue weighted by Gasteiger charge is 2.34. The fourth-order valence-corrected chi connectivity index (χ4v) is 6.37. The third-order valence-electron chi connectivity index (χ3n) is 4.64. The summed E-state index contributed by atoms with van der Waals surface area (Å²) in [6, 6.07) is 9.64. The van der Waals surface area contributed by atoms with Crippen LogP contribution in [0.15, 0.2) is 41.3 Å². The third kappa shape index (κ3) is 3.20. The van der Waals surface area contributed by atoms with Crippen LogP contribution in [0.4, 0.5) is 18.9 Å². The first kappa shape index (κ1) is 19.0. The first-order chi connectivity index (χ1) is 13.2. The minimum Gasteiger partial charge on any atom is -0.273 e. The molecule has 0 saturated heterocycles. The minimum absolute atomic E-state index is 0.0703. The Bertz CT molecular complexity index is 1130. The molecule has 28 heavy (non-hydrogen) atoms. The largest absolute Gasteiger partial charge is 0.432 e. The molecule has 3 aromatic rings. The number of para-hydroxylation sites is 1. The maximum atomic E-state index is 13.3. The summed E-state index contributed by atoms with van der Waals surface area (Å²) in [6.07, 6.45) is -3.02. The zero-order valence-electron chi connectivity index (χ0n) is 14.7. The number of rotatable bonds is 3. The number of hydrogen-bond donors (Lipinski definition) is 1. The number of nitrogens with one attached hydrogen (secondary N) is 1. The molecule has 1 aliphatic rings. The monoisotopic (exact) mass is 427 g/mol. The number of hydrogen-bond acceptors (Lipinski definition) is 4. The van der Waals surface area contributed by atoms with Crippen molar-refractivity contribution in [1.29, 1.82) is 0 Å². The van der Waals surface area contributed by atoms with Crippen molar-refractivity contribution in [3.05, 3.63) is 52.5 Å². The molecule has 5 nitrogen and oxygen atoms in total. The van der Waals surface area contributed by atoms with E-state index in [2.05, 4.69) is 5.10 Å². The molecular weight excluding hydrogens is 411 g/mol. The first-order valence-corrected chi connectivity index (χ1v) is 10.8. The molecule has 3 heterocycles. The van der Waals surface area contributed by atoms with E-state index in [1.54, 1.807) is 19.1 Å². The van der Waals surface area contributed by atoms with Gasteiger partial charge >= 0.3 is 6.18 Å². The Kier molecular flexibility index (Phi) is 4.50. The predicted octanol–water partition coefficient (Wildman–Crippen LogP) is 4.61. The lowest BCUT2D eigenvalue weighted by Gasteiger charge is -2.30. The number of anilines is 1. The van der Waals surface area contributed by atoms with Crippen LogP contribution >= 0.6 is 11.3 Å². The summed E-state index contributed by atoms with van der Waals surface area (Å²) in [6.45, 7) is 2.01. The average Bonchev–Trinajstić information content (AvgIpc) is 3.28. The van der Waals surface area contributed by atoms with E-state index in [1.165, 1.54) is 10.4 Å². The maximum Gasteiger partial charge on any atom is 0.432 e. The number of benzene rings is 1. The quantitative estimate of drug-likeness (QED) is 0.664. The summed E-state index contributed by atoms with van der Waals surface area (Å²) < 4.78 is 66.4. The molecule has 10 heteroatoms. The Labute approximate surface area is 163 Å². The number of fused-ring (bicyclic) bond motifs is 1. The van der Waals surface area contributed by atoms with Crippen molar-refractivity contribution in [3.8, 4) is 10.6 Å². The SMILES string of the molecule is Cc1sc(-c2cc(C(F)(F)F)[nH]n2)cc1S(=O)(=O)N1CCCc2ccccc21. The number of sulfonamides is 1. The molecule has 0 bridgehead atoms. The third-order valence-corrected chi connectivity index (χ3v) is 7.79. The van der Waals surface area contributed by atoms with Gasteiger partial charge in [-0.2, -0.15) is 18.3 Å². The highest BCUT2D eigenvalue weighted by atomic mass is 32.2. The lowest BCUT2D eigenvalue weighted by atomic mass is 10.0. The van der Waals surface area contributed by atoms with Crippen molar-refractivity contribution in [2.75, 3.05) is 10.8 Å². The zero-order valence-corrected chi connectivity index (χ0v) is 16.4. The highest BCUT2D eigenvalue weighted by Crippen LogP contribution is 2.39. The summed E-state index contributed by atoms with van der Waals surface area (Å²) in [5, 5.41) is 5.65. The van der Waals surface area contributed by atoms with E-state index in [0.29, 0.717) is 28.4 Å². The van der Waals surface area contributed by atoms with Gasteiger partial charge in [0.2, 0.25) is 0 Å². The van der Waals surface area contributed by atoms with Gasteiger partial charge in [0, 0.05) is 11.4 Å². The van der Waals surface area contributed by atoms with E-state index in [1.807, 2.05) is 17.2 Å². The molecule has 0 fully saturated rings. The molecule has 148 valence electrons.